The maximum atomic E-state index is 11.4. The van der Waals surface area contributed by atoms with E-state index < -0.39 is 6.10 Å². The van der Waals surface area contributed by atoms with Crippen molar-refractivity contribution in [3.05, 3.63) is 21.9 Å². The lowest BCUT2D eigenvalue weighted by atomic mass is 10.2. The number of hydrogen-bond donors (Lipinski definition) is 0. The molecule has 18 heavy (non-hydrogen) atoms. The summed E-state index contributed by atoms with van der Waals surface area (Å²) in [5.41, 5.74) is 0. The second-order valence-electron chi connectivity index (χ2n) is 4.34. The minimum Gasteiger partial charge on any atom is -0.467 e. The average molecular weight is 269 g/mol. The molecular weight excluding hydrogens is 250 g/mol. The molecule has 1 fully saturated rings. The molecule has 1 aromatic rings. The van der Waals surface area contributed by atoms with Crippen molar-refractivity contribution in [1.29, 1.82) is 0 Å². The van der Waals surface area contributed by atoms with Crippen LogP contribution in [-0.2, 0) is 27.2 Å². The summed E-state index contributed by atoms with van der Waals surface area (Å²) in [5, 5.41) is 0. The smallest absolute Gasteiger partial charge is 0.336 e. The maximum absolute atomic E-state index is 11.4. The number of esters is 1. The fraction of sp³-hybridized carbons (Fsp3) is 0.615. The van der Waals surface area contributed by atoms with Crippen molar-refractivity contribution >= 4 is 17.3 Å². The Kier molecular flexibility index (Phi) is 4.74. The lowest BCUT2D eigenvalue weighted by molar-refractivity contribution is -0.159. The molecule has 0 radical (unpaired) electrons. The van der Waals surface area contributed by atoms with Gasteiger partial charge in [0.05, 0.1) is 13.7 Å². The Balaban J connectivity index is 1.91. The molecule has 0 bridgehead atoms. The van der Waals surface area contributed by atoms with Crippen LogP contribution in [0.25, 0.3) is 0 Å². The van der Waals surface area contributed by atoms with Crippen LogP contribution in [0.4, 0.5) is 0 Å². The molecule has 4 nitrogen and oxygen atoms in total. The number of ether oxygens (including phenoxy) is 2. The largest absolute Gasteiger partial charge is 0.467 e. The number of methoxy groups -OCH3 is 1. The number of hydrogen-bond acceptors (Lipinski definition) is 5. The van der Waals surface area contributed by atoms with Gasteiger partial charge in [0.1, 0.15) is 0 Å². The Morgan fingerprint density at radius 1 is 1.56 bits per heavy atom. The van der Waals surface area contributed by atoms with Gasteiger partial charge < -0.3 is 9.47 Å². The van der Waals surface area contributed by atoms with E-state index in [1.165, 1.54) is 16.9 Å². The van der Waals surface area contributed by atoms with E-state index in [1.54, 1.807) is 0 Å². The summed E-state index contributed by atoms with van der Waals surface area (Å²) in [4.78, 5) is 16.4. The normalized spacial score (nSPS) is 20.9. The topological polar surface area (TPSA) is 38.8 Å². The number of rotatable bonds is 4. The number of nitrogens with zero attached hydrogens (tertiary/aromatic N) is 1. The van der Waals surface area contributed by atoms with Gasteiger partial charge in [-0.3, -0.25) is 4.90 Å². The predicted molar refractivity (Wildman–Crippen MR) is 70.7 cm³/mol. The Morgan fingerprint density at radius 3 is 3.00 bits per heavy atom. The fourth-order valence-corrected chi connectivity index (χ4v) is 3.04. The average Bonchev–Trinajstić information content (AvgIpc) is 2.86. The third kappa shape index (κ3) is 3.31. The predicted octanol–water partition coefficient (Wildman–Crippen LogP) is 1.68. The minimum atomic E-state index is -0.436. The number of morpholine rings is 1. The molecule has 0 amide bonds. The van der Waals surface area contributed by atoms with Crippen LogP contribution in [0.15, 0.2) is 12.1 Å². The first kappa shape index (κ1) is 13.5. The highest BCUT2D eigenvalue weighted by atomic mass is 32.1. The van der Waals surface area contributed by atoms with Crippen LogP contribution in [0, 0.1) is 0 Å². The lowest BCUT2D eigenvalue weighted by Gasteiger charge is -2.30. The van der Waals surface area contributed by atoms with E-state index in [0.717, 1.165) is 19.5 Å². The van der Waals surface area contributed by atoms with Crippen LogP contribution in [0.5, 0.6) is 0 Å². The summed E-state index contributed by atoms with van der Waals surface area (Å²) in [6.45, 7) is 5.13. The number of thiophene rings is 1. The third-order valence-electron chi connectivity index (χ3n) is 3.06. The van der Waals surface area contributed by atoms with Crippen molar-refractivity contribution in [3.8, 4) is 0 Å². The second kappa shape index (κ2) is 6.31. The molecule has 1 aromatic heterocycles. The Morgan fingerprint density at radius 2 is 2.33 bits per heavy atom. The molecule has 0 N–H and O–H groups in total. The van der Waals surface area contributed by atoms with Gasteiger partial charge in [-0.1, -0.05) is 6.92 Å². The van der Waals surface area contributed by atoms with Gasteiger partial charge in [-0.15, -0.1) is 11.3 Å². The minimum absolute atomic E-state index is 0.278. The van der Waals surface area contributed by atoms with Gasteiger partial charge in [0.2, 0.25) is 0 Å². The van der Waals surface area contributed by atoms with Crippen molar-refractivity contribution in [2.24, 2.45) is 0 Å². The van der Waals surface area contributed by atoms with E-state index in [2.05, 4.69) is 24.0 Å². The summed E-state index contributed by atoms with van der Waals surface area (Å²) >= 11 is 1.84. The van der Waals surface area contributed by atoms with Crippen LogP contribution in [0.1, 0.15) is 16.7 Å². The zero-order valence-corrected chi connectivity index (χ0v) is 11.7. The molecule has 1 saturated heterocycles. The molecule has 0 aromatic carbocycles. The van der Waals surface area contributed by atoms with Crippen LogP contribution < -0.4 is 0 Å². The summed E-state index contributed by atoms with van der Waals surface area (Å²) < 4.78 is 10.1. The molecule has 1 unspecified atom stereocenters. The van der Waals surface area contributed by atoms with Gasteiger partial charge in [0, 0.05) is 29.4 Å². The van der Waals surface area contributed by atoms with Gasteiger partial charge in [0.25, 0.3) is 0 Å². The van der Waals surface area contributed by atoms with E-state index in [4.69, 9.17) is 9.47 Å². The van der Waals surface area contributed by atoms with Crippen molar-refractivity contribution in [2.45, 2.75) is 26.0 Å². The van der Waals surface area contributed by atoms with Crippen molar-refractivity contribution in [3.63, 3.8) is 0 Å². The molecule has 1 atom stereocenters. The van der Waals surface area contributed by atoms with E-state index in [1.807, 2.05) is 11.3 Å². The molecule has 2 heterocycles. The summed E-state index contributed by atoms with van der Waals surface area (Å²) in [5.74, 6) is -0.278. The van der Waals surface area contributed by atoms with Gasteiger partial charge >= 0.3 is 5.97 Å². The molecule has 5 heteroatoms. The molecule has 2 rings (SSSR count). The van der Waals surface area contributed by atoms with Gasteiger partial charge in [-0.25, -0.2) is 4.79 Å². The first-order valence-corrected chi connectivity index (χ1v) is 7.04. The van der Waals surface area contributed by atoms with Crippen LogP contribution in [0.3, 0.4) is 0 Å². The lowest BCUT2D eigenvalue weighted by Crippen LogP contribution is -2.45. The molecule has 100 valence electrons. The van der Waals surface area contributed by atoms with Crippen LogP contribution in [0.2, 0.25) is 0 Å². The summed E-state index contributed by atoms with van der Waals surface area (Å²) in [7, 11) is 1.40. The van der Waals surface area contributed by atoms with Gasteiger partial charge in [-0.2, -0.15) is 0 Å². The van der Waals surface area contributed by atoms with Crippen LogP contribution in [-0.4, -0.2) is 43.8 Å². The van der Waals surface area contributed by atoms with Crippen molar-refractivity contribution in [1.82, 2.24) is 4.90 Å². The zero-order chi connectivity index (χ0) is 13.0. The van der Waals surface area contributed by atoms with E-state index >= 15 is 0 Å². The maximum Gasteiger partial charge on any atom is 0.336 e. The standard InChI is InChI=1S/C13H19NO3S/c1-3-10-4-5-11(18-10)8-14-6-7-17-12(9-14)13(15)16-2/h4-5,12H,3,6-9H2,1-2H3. The first-order valence-electron chi connectivity index (χ1n) is 6.22. The first-order chi connectivity index (χ1) is 8.72. The number of carbonyl (C=O) groups excluding carboxylic acids is 1. The molecule has 0 spiro atoms. The summed E-state index contributed by atoms with van der Waals surface area (Å²) in [6, 6.07) is 4.35. The quantitative estimate of drug-likeness (QED) is 0.780. The monoisotopic (exact) mass is 269 g/mol. The molecular formula is C13H19NO3S. The Labute approximate surface area is 111 Å². The van der Waals surface area contributed by atoms with E-state index in [9.17, 15) is 4.79 Å². The van der Waals surface area contributed by atoms with E-state index in [0.29, 0.717) is 13.2 Å². The highest BCUT2D eigenvalue weighted by Gasteiger charge is 2.27. The highest BCUT2D eigenvalue weighted by molar-refractivity contribution is 7.11. The SMILES string of the molecule is CCc1ccc(CN2CCOC(C(=O)OC)C2)s1. The molecule has 1 aliphatic heterocycles. The Bertz CT molecular complexity index is 405. The van der Waals surface area contributed by atoms with Crippen molar-refractivity contribution in [2.75, 3.05) is 26.8 Å². The highest BCUT2D eigenvalue weighted by Crippen LogP contribution is 2.20. The van der Waals surface area contributed by atoms with Gasteiger partial charge in [0.15, 0.2) is 6.10 Å². The van der Waals surface area contributed by atoms with Crippen LogP contribution >= 0.6 is 11.3 Å². The van der Waals surface area contributed by atoms with Gasteiger partial charge in [-0.05, 0) is 18.6 Å². The third-order valence-corrected chi connectivity index (χ3v) is 4.27. The Hall–Kier alpha value is -0.910. The molecule has 0 aliphatic carbocycles. The molecule has 0 saturated carbocycles. The fourth-order valence-electron chi connectivity index (χ4n) is 2.04. The van der Waals surface area contributed by atoms with E-state index in [-0.39, 0.29) is 5.97 Å². The summed E-state index contributed by atoms with van der Waals surface area (Å²) in [6.07, 6.45) is 0.646. The number of carbonyl (C=O) groups is 1. The number of aryl methyl sites for hydroxylation is 1. The second-order valence-corrected chi connectivity index (χ2v) is 5.59. The van der Waals surface area contributed by atoms with Crippen molar-refractivity contribution < 1.29 is 14.3 Å². The molecule has 1 aliphatic rings. The zero-order valence-electron chi connectivity index (χ0n) is 10.8.